The van der Waals surface area contributed by atoms with Crippen LogP contribution >= 0.6 is 11.6 Å². The van der Waals surface area contributed by atoms with Crippen LogP contribution in [-0.4, -0.2) is 54.0 Å². The van der Waals surface area contributed by atoms with Gasteiger partial charge in [-0.15, -0.1) is 0 Å². The molecular formula is C21H24ClN3O4. The van der Waals surface area contributed by atoms with Gasteiger partial charge in [0.1, 0.15) is 24.2 Å². The summed E-state index contributed by atoms with van der Waals surface area (Å²) in [4.78, 5) is 29.9. The Balaban J connectivity index is 1.55. The predicted molar refractivity (Wildman–Crippen MR) is 109 cm³/mol. The molecule has 1 aliphatic rings. The number of ether oxygens (including phenoxy) is 2. The molecule has 0 spiro atoms. The van der Waals surface area contributed by atoms with Gasteiger partial charge in [-0.25, -0.2) is 0 Å². The van der Waals surface area contributed by atoms with Gasteiger partial charge in [0.15, 0.2) is 0 Å². The summed E-state index contributed by atoms with van der Waals surface area (Å²) < 4.78 is 11.6. The molecule has 0 aliphatic carbocycles. The van der Waals surface area contributed by atoms with E-state index in [1.807, 2.05) is 0 Å². The Kier molecular flexibility index (Phi) is 7.30. The standard InChI is InChI=1S/C21H24ClN3O4/c1-15(26)25-10-6-17(7-11-25)29-20-5-4-16(22)13-19(20)21(27)24-9-12-28-18-3-2-8-23-14-18/h2-5,8,13-14,17H,6-7,9-12H2,1H3,(H,24,27). The third kappa shape index (κ3) is 6.09. The first-order valence-corrected chi connectivity index (χ1v) is 9.93. The molecule has 2 heterocycles. The SMILES string of the molecule is CC(=O)N1CCC(Oc2ccc(Cl)cc2C(=O)NCCOc2cccnc2)CC1. The van der Waals surface area contributed by atoms with Crippen LogP contribution in [0.3, 0.4) is 0 Å². The van der Waals surface area contributed by atoms with Crippen LogP contribution in [0.2, 0.25) is 5.02 Å². The fraction of sp³-hybridized carbons (Fsp3) is 0.381. The van der Waals surface area contributed by atoms with E-state index < -0.39 is 0 Å². The number of rotatable bonds is 7. The summed E-state index contributed by atoms with van der Waals surface area (Å²) in [5.74, 6) is 0.925. The zero-order chi connectivity index (χ0) is 20.6. The van der Waals surface area contributed by atoms with E-state index in [1.165, 1.54) is 0 Å². The quantitative estimate of drug-likeness (QED) is 0.700. The molecule has 3 rings (SSSR count). The van der Waals surface area contributed by atoms with Gasteiger partial charge in [0.05, 0.1) is 18.3 Å². The molecule has 154 valence electrons. The minimum absolute atomic E-state index is 0.0489. The zero-order valence-electron chi connectivity index (χ0n) is 16.3. The molecule has 29 heavy (non-hydrogen) atoms. The predicted octanol–water partition coefficient (Wildman–Crippen LogP) is 2.93. The zero-order valence-corrected chi connectivity index (χ0v) is 17.0. The van der Waals surface area contributed by atoms with E-state index in [-0.39, 0.29) is 17.9 Å². The van der Waals surface area contributed by atoms with E-state index in [2.05, 4.69) is 10.3 Å². The first kappa shape index (κ1) is 20.9. The van der Waals surface area contributed by atoms with Crippen molar-refractivity contribution in [1.29, 1.82) is 0 Å². The smallest absolute Gasteiger partial charge is 0.255 e. The van der Waals surface area contributed by atoms with Crippen molar-refractivity contribution in [3.05, 3.63) is 53.3 Å². The number of likely N-dealkylation sites (tertiary alicyclic amines) is 1. The molecule has 1 fully saturated rings. The summed E-state index contributed by atoms with van der Waals surface area (Å²) in [6.07, 6.45) is 4.68. The molecule has 1 aromatic carbocycles. The second-order valence-corrected chi connectivity index (χ2v) is 7.19. The molecule has 1 aromatic heterocycles. The van der Waals surface area contributed by atoms with Crippen LogP contribution in [0.25, 0.3) is 0 Å². The van der Waals surface area contributed by atoms with Crippen LogP contribution in [0.5, 0.6) is 11.5 Å². The van der Waals surface area contributed by atoms with E-state index in [0.29, 0.717) is 48.3 Å². The van der Waals surface area contributed by atoms with Crippen molar-refractivity contribution in [2.45, 2.75) is 25.9 Å². The molecule has 2 amide bonds. The summed E-state index contributed by atoms with van der Waals surface area (Å²) in [5.41, 5.74) is 0.382. The van der Waals surface area contributed by atoms with Gasteiger partial charge < -0.3 is 19.7 Å². The first-order valence-electron chi connectivity index (χ1n) is 9.55. The van der Waals surface area contributed by atoms with Crippen molar-refractivity contribution < 1.29 is 19.1 Å². The van der Waals surface area contributed by atoms with Gasteiger partial charge in [-0.2, -0.15) is 0 Å². The van der Waals surface area contributed by atoms with E-state index in [9.17, 15) is 9.59 Å². The van der Waals surface area contributed by atoms with Crippen LogP contribution in [0.15, 0.2) is 42.7 Å². The number of amides is 2. The molecule has 8 heteroatoms. The second kappa shape index (κ2) is 10.1. The molecule has 1 saturated heterocycles. The Morgan fingerprint density at radius 3 is 2.76 bits per heavy atom. The van der Waals surface area contributed by atoms with E-state index >= 15 is 0 Å². The monoisotopic (exact) mass is 417 g/mol. The number of hydrogen-bond donors (Lipinski definition) is 1. The minimum atomic E-state index is -0.279. The molecule has 2 aromatic rings. The highest BCUT2D eigenvalue weighted by atomic mass is 35.5. The molecule has 0 atom stereocenters. The number of nitrogens with one attached hydrogen (secondary N) is 1. The van der Waals surface area contributed by atoms with E-state index in [0.717, 1.165) is 12.8 Å². The van der Waals surface area contributed by atoms with Crippen LogP contribution in [0.1, 0.15) is 30.1 Å². The molecule has 1 aliphatic heterocycles. The van der Waals surface area contributed by atoms with Gasteiger partial charge >= 0.3 is 0 Å². The van der Waals surface area contributed by atoms with Crippen molar-refractivity contribution in [2.24, 2.45) is 0 Å². The molecule has 0 radical (unpaired) electrons. The van der Waals surface area contributed by atoms with Gasteiger partial charge in [0.25, 0.3) is 5.91 Å². The molecule has 0 bridgehead atoms. The Morgan fingerprint density at radius 2 is 2.07 bits per heavy atom. The average molecular weight is 418 g/mol. The molecular weight excluding hydrogens is 394 g/mol. The molecule has 1 N–H and O–H groups in total. The largest absolute Gasteiger partial charge is 0.490 e. The van der Waals surface area contributed by atoms with E-state index in [1.54, 1.807) is 54.5 Å². The number of aromatic nitrogens is 1. The lowest BCUT2D eigenvalue weighted by atomic mass is 10.1. The lowest BCUT2D eigenvalue weighted by Gasteiger charge is -2.31. The average Bonchev–Trinajstić information content (AvgIpc) is 2.73. The Labute approximate surface area is 175 Å². The summed E-state index contributed by atoms with van der Waals surface area (Å²) >= 11 is 6.09. The number of benzene rings is 1. The fourth-order valence-electron chi connectivity index (χ4n) is 3.11. The topological polar surface area (TPSA) is 80.8 Å². The van der Waals surface area contributed by atoms with Gasteiger partial charge in [0.2, 0.25) is 5.91 Å². The second-order valence-electron chi connectivity index (χ2n) is 6.76. The van der Waals surface area contributed by atoms with Crippen LogP contribution in [0, 0.1) is 0 Å². The Bertz CT molecular complexity index is 839. The molecule has 0 unspecified atom stereocenters. The summed E-state index contributed by atoms with van der Waals surface area (Å²) in [6.45, 7) is 3.52. The maximum atomic E-state index is 12.6. The van der Waals surface area contributed by atoms with E-state index in [4.69, 9.17) is 21.1 Å². The van der Waals surface area contributed by atoms with Crippen molar-refractivity contribution >= 4 is 23.4 Å². The lowest BCUT2D eigenvalue weighted by molar-refractivity contribution is -0.130. The minimum Gasteiger partial charge on any atom is -0.490 e. The Morgan fingerprint density at radius 1 is 1.28 bits per heavy atom. The number of carbonyl (C=O) groups excluding carboxylic acids is 2. The van der Waals surface area contributed by atoms with Crippen LogP contribution in [0.4, 0.5) is 0 Å². The number of piperidine rings is 1. The lowest BCUT2D eigenvalue weighted by Crippen LogP contribution is -2.40. The Hall–Kier alpha value is -2.80. The van der Waals surface area contributed by atoms with Crippen molar-refractivity contribution in [2.75, 3.05) is 26.2 Å². The first-order chi connectivity index (χ1) is 14.0. The summed E-state index contributed by atoms with van der Waals surface area (Å²) in [5, 5.41) is 3.28. The number of nitrogens with zero attached hydrogens (tertiary/aromatic N) is 2. The maximum Gasteiger partial charge on any atom is 0.255 e. The highest BCUT2D eigenvalue weighted by Gasteiger charge is 2.23. The summed E-state index contributed by atoms with van der Waals surface area (Å²) in [7, 11) is 0. The summed E-state index contributed by atoms with van der Waals surface area (Å²) in [6, 6.07) is 8.59. The molecule has 0 saturated carbocycles. The fourth-order valence-corrected chi connectivity index (χ4v) is 3.28. The molecule has 7 nitrogen and oxygen atoms in total. The van der Waals surface area contributed by atoms with Gasteiger partial charge in [0, 0.05) is 44.1 Å². The number of pyridine rings is 1. The van der Waals surface area contributed by atoms with Crippen molar-refractivity contribution in [1.82, 2.24) is 15.2 Å². The van der Waals surface area contributed by atoms with Crippen molar-refractivity contribution in [3.8, 4) is 11.5 Å². The number of hydrogen-bond acceptors (Lipinski definition) is 5. The van der Waals surface area contributed by atoms with Crippen LogP contribution in [-0.2, 0) is 4.79 Å². The third-order valence-corrected chi connectivity index (χ3v) is 4.89. The van der Waals surface area contributed by atoms with Crippen molar-refractivity contribution in [3.63, 3.8) is 0 Å². The van der Waals surface area contributed by atoms with Crippen LogP contribution < -0.4 is 14.8 Å². The van der Waals surface area contributed by atoms with Gasteiger partial charge in [-0.05, 0) is 30.3 Å². The number of halogens is 1. The highest BCUT2D eigenvalue weighted by Crippen LogP contribution is 2.26. The maximum absolute atomic E-state index is 12.6. The third-order valence-electron chi connectivity index (χ3n) is 4.66. The normalized spacial score (nSPS) is 14.3. The highest BCUT2D eigenvalue weighted by molar-refractivity contribution is 6.31. The van der Waals surface area contributed by atoms with Gasteiger partial charge in [-0.3, -0.25) is 14.6 Å². The number of carbonyl (C=O) groups is 2. The van der Waals surface area contributed by atoms with Gasteiger partial charge in [-0.1, -0.05) is 11.6 Å².